The highest BCUT2D eigenvalue weighted by molar-refractivity contribution is 5.36. The Balaban J connectivity index is 0.000000400. The van der Waals surface area contributed by atoms with Crippen LogP contribution in [0.5, 0.6) is 0 Å². The van der Waals surface area contributed by atoms with Crippen molar-refractivity contribution in [2.24, 2.45) is 11.5 Å². The molecule has 76 heavy (non-hydrogen) atoms. The molecule has 0 saturated heterocycles. The minimum absolute atomic E-state index is 0.193. The van der Waals surface area contributed by atoms with Crippen LogP contribution in [0.2, 0.25) is 0 Å². The van der Waals surface area contributed by atoms with Crippen molar-refractivity contribution in [1.29, 1.82) is 0 Å². The predicted molar refractivity (Wildman–Crippen MR) is 328 cm³/mol. The summed E-state index contributed by atoms with van der Waals surface area (Å²) in [7, 11) is 0. The second kappa shape index (κ2) is 41.7. The third-order valence-corrected chi connectivity index (χ3v) is 16.3. The van der Waals surface area contributed by atoms with Gasteiger partial charge in [-0.1, -0.05) is 241 Å². The molecule has 0 unspecified atom stereocenters. The van der Waals surface area contributed by atoms with Crippen LogP contribution in [0.3, 0.4) is 0 Å². The Morgan fingerprint density at radius 1 is 0.263 bits per heavy atom. The topological polar surface area (TPSA) is 133 Å². The van der Waals surface area contributed by atoms with Crippen LogP contribution in [0.1, 0.15) is 250 Å². The molecule has 0 bridgehead atoms. The predicted octanol–water partition coefficient (Wildman–Crippen LogP) is 15.8. The standard InChI is InChI=1S/2C35H57NO2/c1-3-5-7-9-11-13-15-30-17-19-31(20-18-30)21-24-34-27-32(25-26-35(36,28-37)29-38)22-23-33(34)16-14-12-10-8-6-4-2;1-3-5-7-9-11-13-15-30-17-19-31(20-18-30)21-24-34-27-32(16-14-12-10-8-6-4-2)22-23-33(34)25-26-35(36,28-37)29-38/h2*17-20,22-23,27,37-38H,3-16,21,24-26,28-29,36H2,1-2H3. The van der Waals surface area contributed by atoms with E-state index in [0.29, 0.717) is 12.8 Å². The van der Waals surface area contributed by atoms with E-state index in [-0.39, 0.29) is 26.4 Å². The summed E-state index contributed by atoms with van der Waals surface area (Å²) in [5, 5.41) is 38.4. The molecule has 0 saturated carbocycles. The number of aryl methyl sites for hydroxylation is 10. The summed E-state index contributed by atoms with van der Waals surface area (Å²) >= 11 is 0. The largest absolute Gasteiger partial charge is 0.394 e. The van der Waals surface area contributed by atoms with Gasteiger partial charge in [-0.05, 0) is 158 Å². The zero-order valence-corrected chi connectivity index (χ0v) is 49.3. The molecule has 4 aromatic rings. The van der Waals surface area contributed by atoms with E-state index in [2.05, 4.69) is 113 Å². The van der Waals surface area contributed by atoms with Gasteiger partial charge in [-0.3, -0.25) is 0 Å². The van der Waals surface area contributed by atoms with Crippen molar-refractivity contribution >= 4 is 0 Å². The minimum Gasteiger partial charge on any atom is -0.394 e. The van der Waals surface area contributed by atoms with Gasteiger partial charge < -0.3 is 31.9 Å². The van der Waals surface area contributed by atoms with E-state index in [1.54, 1.807) is 0 Å². The van der Waals surface area contributed by atoms with Crippen molar-refractivity contribution in [3.05, 3.63) is 141 Å². The Bertz CT molecular complexity index is 2000. The Morgan fingerprint density at radius 3 is 0.882 bits per heavy atom. The van der Waals surface area contributed by atoms with Gasteiger partial charge in [0.15, 0.2) is 0 Å². The van der Waals surface area contributed by atoms with Gasteiger partial charge in [-0.15, -0.1) is 0 Å². The first-order valence-electron chi connectivity index (χ1n) is 31.4. The molecule has 4 aromatic carbocycles. The first-order valence-corrected chi connectivity index (χ1v) is 31.4. The Morgan fingerprint density at radius 2 is 0.526 bits per heavy atom. The molecule has 0 amide bonds. The second-order valence-corrected chi connectivity index (χ2v) is 23.3. The molecule has 0 aliphatic rings. The number of benzene rings is 4. The van der Waals surface area contributed by atoms with E-state index in [1.807, 2.05) is 0 Å². The summed E-state index contributed by atoms with van der Waals surface area (Å²) in [5.41, 5.74) is 24.5. The molecule has 4 rings (SSSR count). The van der Waals surface area contributed by atoms with Gasteiger partial charge in [0.1, 0.15) is 0 Å². The fourth-order valence-corrected chi connectivity index (χ4v) is 10.5. The molecular formula is C70H114N2O4. The highest BCUT2D eigenvalue weighted by Crippen LogP contribution is 2.24. The normalized spacial score (nSPS) is 11.8. The third-order valence-electron chi connectivity index (χ3n) is 16.3. The van der Waals surface area contributed by atoms with E-state index in [4.69, 9.17) is 11.5 Å². The number of nitrogens with two attached hydrogens (primary N) is 2. The van der Waals surface area contributed by atoms with Crippen LogP contribution in [0.15, 0.2) is 84.9 Å². The zero-order chi connectivity index (χ0) is 55.0. The number of rotatable bonds is 44. The molecule has 0 fully saturated rings. The molecule has 0 aliphatic heterocycles. The number of aliphatic hydroxyl groups excluding tert-OH is 4. The molecule has 0 spiro atoms. The van der Waals surface area contributed by atoms with Gasteiger partial charge in [0.25, 0.3) is 0 Å². The summed E-state index contributed by atoms with van der Waals surface area (Å²) in [4.78, 5) is 0. The van der Waals surface area contributed by atoms with Crippen LogP contribution < -0.4 is 11.5 Å². The lowest BCUT2D eigenvalue weighted by Crippen LogP contribution is -2.47. The van der Waals surface area contributed by atoms with Gasteiger partial charge in [0.05, 0.1) is 37.5 Å². The molecule has 0 atom stereocenters. The molecule has 8 N–H and O–H groups in total. The number of unbranched alkanes of at least 4 members (excludes halogenated alkanes) is 20. The molecule has 6 heteroatoms. The maximum atomic E-state index is 9.64. The Labute approximate surface area is 466 Å². The maximum Gasteiger partial charge on any atom is 0.0633 e. The first-order chi connectivity index (χ1) is 37.1. The monoisotopic (exact) mass is 1050 g/mol. The summed E-state index contributed by atoms with van der Waals surface area (Å²) in [6.07, 6.45) is 43.5. The lowest BCUT2D eigenvalue weighted by molar-refractivity contribution is 0.114. The summed E-state index contributed by atoms with van der Waals surface area (Å²) < 4.78 is 0. The van der Waals surface area contributed by atoms with Crippen LogP contribution in [-0.4, -0.2) is 57.9 Å². The molecule has 428 valence electrons. The van der Waals surface area contributed by atoms with Gasteiger partial charge >= 0.3 is 0 Å². The van der Waals surface area contributed by atoms with E-state index in [0.717, 1.165) is 51.4 Å². The van der Waals surface area contributed by atoms with Crippen LogP contribution in [0, 0.1) is 0 Å². The van der Waals surface area contributed by atoms with Crippen molar-refractivity contribution in [3.8, 4) is 0 Å². The smallest absolute Gasteiger partial charge is 0.0633 e. The van der Waals surface area contributed by atoms with Gasteiger partial charge in [-0.25, -0.2) is 0 Å². The molecule has 0 aromatic heterocycles. The minimum atomic E-state index is -0.916. The lowest BCUT2D eigenvalue weighted by atomic mass is 9.89. The number of hydrogen-bond donors (Lipinski definition) is 6. The van der Waals surface area contributed by atoms with Crippen LogP contribution in [0.25, 0.3) is 0 Å². The highest BCUT2D eigenvalue weighted by Gasteiger charge is 2.24. The molecule has 0 radical (unpaired) electrons. The fourth-order valence-electron chi connectivity index (χ4n) is 10.5. The third kappa shape index (κ3) is 29.0. The molecule has 0 heterocycles. The summed E-state index contributed by atoms with van der Waals surface area (Å²) in [6, 6.07) is 32.4. The fraction of sp³-hybridized carbons (Fsp3) is 0.657. The Hall–Kier alpha value is -3.36. The molecular weight excluding hydrogens is 933 g/mol. The summed E-state index contributed by atoms with van der Waals surface area (Å²) in [6.45, 7) is 8.31. The van der Waals surface area contributed by atoms with Crippen LogP contribution in [0.4, 0.5) is 0 Å². The summed E-state index contributed by atoms with van der Waals surface area (Å²) in [5.74, 6) is 0. The zero-order valence-electron chi connectivity index (χ0n) is 49.3. The van der Waals surface area contributed by atoms with Crippen molar-refractivity contribution < 1.29 is 20.4 Å². The van der Waals surface area contributed by atoms with Gasteiger partial charge in [-0.2, -0.15) is 0 Å². The maximum absolute atomic E-state index is 9.64. The van der Waals surface area contributed by atoms with Crippen molar-refractivity contribution in [2.45, 2.75) is 270 Å². The average Bonchev–Trinajstić information content (AvgIpc) is 3.45. The Kier molecular flexibility index (Phi) is 36.7. The second-order valence-electron chi connectivity index (χ2n) is 23.3. The van der Waals surface area contributed by atoms with Gasteiger partial charge in [0, 0.05) is 0 Å². The quantitative estimate of drug-likeness (QED) is 0.0245. The molecule has 6 nitrogen and oxygen atoms in total. The van der Waals surface area contributed by atoms with Crippen molar-refractivity contribution in [3.63, 3.8) is 0 Å². The van der Waals surface area contributed by atoms with Crippen molar-refractivity contribution in [1.82, 2.24) is 0 Å². The SMILES string of the molecule is CCCCCCCCc1ccc(CCc2cc(CCC(N)(CO)CO)ccc2CCCCCCCC)cc1.CCCCCCCCc1ccc(CCc2cc(CCCCCCCC)ccc2CCC(N)(CO)CO)cc1. The van der Waals surface area contributed by atoms with Crippen LogP contribution in [-0.2, 0) is 64.2 Å². The van der Waals surface area contributed by atoms with Crippen LogP contribution >= 0.6 is 0 Å². The molecule has 0 aliphatic carbocycles. The number of aliphatic hydroxyl groups is 4. The average molecular weight is 1050 g/mol. The van der Waals surface area contributed by atoms with Crippen molar-refractivity contribution in [2.75, 3.05) is 26.4 Å². The van der Waals surface area contributed by atoms with Gasteiger partial charge in [0.2, 0.25) is 0 Å². The van der Waals surface area contributed by atoms with E-state index in [9.17, 15) is 20.4 Å². The van der Waals surface area contributed by atoms with E-state index >= 15 is 0 Å². The highest BCUT2D eigenvalue weighted by atomic mass is 16.3. The number of hydrogen-bond acceptors (Lipinski definition) is 6. The first kappa shape index (κ1) is 66.9. The van der Waals surface area contributed by atoms with E-state index in [1.165, 1.54) is 223 Å². The van der Waals surface area contributed by atoms with E-state index < -0.39 is 11.1 Å². The lowest BCUT2D eigenvalue weighted by Gasteiger charge is -2.25.